The van der Waals surface area contributed by atoms with Gasteiger partial charge in [-0.1, -0.05) is 0 Å². The van der Waals surface area contributed by atoms with Crippen LogP contribution in [0, 0.1) is 18.2 Å². The third-order valence-electron chi connectivity index (χ3n) is 1.80. The second kappa shape index (κ2) is 5.76. The van der Waals surface area contributed by atoms with Gasteiger partial charge in [-0.15, -0.1) is 12.3 Å². The van der Waals surface area contributed by atoms with Crippen LogP contribution in [0.25, 0.3) is 0 Å². The molecule has 1 aromatic heterocycles. The zero-order valence-corrected chi connectivity index (χ0v) is 8.16. The molecule has 1 amide bonds. The largest absolute Gasteiger partial charge is 0.352 e. The van der Waals surface area contributed by atoms with Crippen molar-refractivity contribution in [3.8, 4) is 12.3 Å². The van der Waals surface area contributed by atoms with E-state index in [9.17, 15) is 9.18 Å². The maximum Gasteiger partial charge on any atom is 0.254 e. The van der Waals surface area contributed by atoms with Gasteiger partial charge in [0.2, 0.25) is 0 Å². The van der Waals surface area contributed by atoms with Crippen molar-refractivity contribution in [2.45, 2.75) is 12.8 Å². The van der Waals surface area contributed by atoms with E-state index >= 15 is 0 Å². The van der Waals surface area contributed by atoms with Crippen LogP contribution >= 0.6 is 0 Å². The average Bonchev–Trinajstić information content (AvgIpc) is 2.25. The number of nitrogens with one attached hydrogen (secondary N) is 1. The Balaban J connectivity index is 2.48. The minimum absolute atomic E-state index is 0.00528. The van der Waals surface area contributed by atoms with E-state index in [1.165, 1.54) is 12.3 Å². The summed E-state index contributed by atoms with van der Waals surface area (Å²) >= 11 is 0. The highest BCUT2D eigenvalue weighted by molar-refractivity contribution is 5.94. The molecule has 0 saturated heterocycles. The first-order valence-corrected chi connectivity index (χ1v) is 4.57. The molecule has 0 fully saturated rings. The number of hydrogen-bond donors (Lipinski definition) is 1. The van der Waals surface area contributed by atoms with Gasteiger partial charge in [0.05, 0.1) is 11.8 Å². The fraction of sp³-hybridized carbons (Fsp3) is 0.273. The van der Waals surface area contributed by atoms with Crippen LogP contribution in [0.4, 0.5) is 4.39 Å². The summed E-state index contributed by atoms with van der Waals surface area (Å²) in [6, 6.07) is 1.34. The molecule has 0 spiro atoms. The van der Waals surface area contributed by atoms with Gasteiger partial charge >= 0.3 is 0 Å². The minimum atomic E-state index is -0.619. The number of terminal acetylenes is 1. The van der Waals surface area contributed by atoms with Gasteiger partial charge in [0.1, 0.15) is 0 Å². The number of aromatic nitrogens is 1. The lowest BCUT2D eigenvalue weighted by molar-refractivity contribution is 0.0949. The number of carbonyl (C=O) groups excluding carboxylic acids is 1. The van der Waals surface area contributed by atoms with Crippen molar-refractivity contribution in [1.29, 1.82) is 0 Å². The van der Waals surface area contributed by atoms with Gasteiger partial charge in [-0.3, -0.25) is 9.78 Å². The van der Waals surface area contributed by atoms with E-state index in [4.69, 9.17) is 6.42 Å². The maximum absolute atomic E-state index is 13.1. The SMILES string of the molecule is C#CCCCNC(=O)c1ccncc1F. The van der Waals surface area contributed by atoms with Crippen LogP contribution in [0.1, 0.15) is 23.2 Å². The normalized spacial score (nSPS) is 9.33. The third kappa shape index (κ3) is 3.39. The Labute approximate surface area is 87.7 Å². The molecule has 1 aromatic rings. The number of nitrogens with zero attached hydrogens (tertiary/aromatic N) is 1. The topological polar surface area (TPSA) is 42.0 Å². The first-order valence-electron chi connectivity index (χ1n) is 4.57. The van der Waals surface area contributed by atoms with Crippen molar-refractivity contribution in [1.82, 2.24) is 10.3 Å². The Morgan fingerprint density at radius 3 is 3.13 bits per heavy atom. The highest BCUT2D eigenvalue weighted by atomic mass is 19.1. The molecule has 1 heterocycles. The van der Waals surface area contributed by atoms with Gasteiger partial charge in [-0.2, -0.15) is 0 Å². The Hall–Kier alpha value is -1.89. The Morgan fingerprint density at radius 2 is 2.47 bits per heavy atom. The van der Waals surface area contributed by atoms with E-state index in [0.717, 1.165) is 6.20 Å². The summed E-state index contributed by atoms with van der Waals surface area (Å²) in [7, 11) is 0. The van der Waals surface area contributed by atoms with Crippen LogP contribution in [0.2, 0.25) is 0 Å². The van der Waals surface area contributed by atoms with Gasteiger partial charge in [0.25, 0.3) is 5.91 Å². The molecule has 4 heteroatoms. The Kier molecular flexibility index (Phi) is 4.30. The predicted octanol–water partition coefficient (Wildman–Crippen LogP) is 1.36. The Bertz CT molecular complexity index is 384. The van der Waals surface area contributed by atoms with E-state index < -0.39 is 11.7 Å². The Morgan fingerprint density at radius 1 is 1.67 bits per heavy atom. The molecule has 0 saturated carbocycles. The van der Waals surface area contributed by atoms with Crippen LogP contribution < -0.4 is 5.32 Å². The third-order valence-corrected chi connectivity index (χ3v) is 1.80. The summed E-state index contributed by atoms with van der Waals surface area (Å²) in [5, 5.41) is 2.57. The average molecular weight is 206 g/mol. The van der Waals surface area contributed by atoms with Crippen LogP contribution in [-0.4, -0.2) is 17.4 Å². The first-order chi connectivity index (χ1) is 7.25. The van der Waals surface area contributed by atoms with Gasteiger partial charge in [-0.05, 0) is 12.5 Å². The number of carbonyl (C=O) groups is 1. The summed E-state index contributed by atoms with van der Waals surface area (Å²) in [6.07, 6.45) is 8.72. The highest BCUT2D eigenvalue weighted by Gasteiger charge is 2.09. The summed E-state index contributed by atoms with van der Waals surface area (Å²) < 4.78 is 13.1. The number of pyridine rings is 1. The molecule has 0 atom stereocenters. The molecule has 78 valence electrons. The maximum atomic E-state index is 13.1. The monoisotopic (exact) mass is 206 g/mol. The molecular weight excluding hydrogens is 195 g/mol. The summed E-state index contributed by atoms with van der Waals surface area (Å²) in [4.78, 5) is 15.0. The highest BCUT2D eigenvalue weighted by Crippen LogP contribution is 2.03. The lowest BCUT2D eigenvalue weighted by Crippen LogP contribution is -2.25. The van der Waals surface area contributed by atoms with Crippen molar-refractivity contribution in [2.24, 2.45) is 0 Å². The molecule has 0 aromatic carbocycles. The fourth-order valence-electron chi connectivity index (χ4n) is 1.05. The fourth-order valence-corrected chi connectivity index (χ4v) is 1.05. The smallest absolute Gasteiger partial charge is 0.254 e. The number of halogens is 1. The van der Waals surface area contributed by atoms with Crippen molar-refractivity contribution in [2.75, 3.05) is 6.54 Å². The molecule has 0 unspecified atom stereocenters. The number of unbranched alkanes of at least 4 members (excludes halogenated alkanes) is 1. The van der Waals surface area contributed by atoms with E-state index in [0.29, 0.717) is 19.4 Å². The molecule has 3 nitrogen and oxygen atoms in total. The summed E-state index contributed by atoms with van der Waals surface area (Å²) in [5.74, 6) is 1.40. The molecule has 0 aliphatic carbocycles. The molecule has 0 aliphatic rings. The van der Waals surface area contributed by atoms with Crippen LogP contribution in [0.5, 0.6) is 0 Å². The number of amides is 1. The molecule has 0 aliphatic heterocycles. The predicted molar refractivity (Wildman–Crippen MR) is 54.6 cm³/mol. The van der Waals surface area contributed by atoms with Gasteiger partial charge in [0, 0.05) is 19.2 Å². The zero-order valence-electron chi connectivity index (χ0n) is 8.16. The number of rotatable bonds is 4. The lowest BCUT2D eigenvalue weighted by Gasteiger charge is -2.03. The van der Waals surface area contributed by atoms with Crippen molar-refractivity contribution < 1.29 is 9.18 Å². The number of hydrogen-bond acceptors (Lipinski definition) is 2. The van der Waals surface area contributed by atoms with Gasteiger partial charge in [0.15, 0.2) is 5.82 Å². The lowest BCUT2D eigenvalue weighted by atomic mass is 10.2. The van der Waals surface area contributed by atoms with Crippen molar-refractivity contribution in [3.05, 3.63) is 29.8 Å². The quantitative estimate of drug-likeness (QED) is 0.597. The van der Waals surface area contributed by atoms with E-state index in [1.807, 2.05) is 0 Å². The van der Waals surface area contributed by atoms with Crippen molar-refractivity contribution in [3.63, 3.8) is 0 Å². The second-order valence-electron chi connectivity index (χ2n) is 2.92. The molecule has 1 N–H and O–H groups in total. The first kappa shape index (κ1) is 11.2. The molecule has 0 radical (unpaired) electrons. The van der Waals surface area contributed by atoms with Crippen molar-refractivity contribution >= 4 is 5.91 Å². The standard InChI is InChI=1S/C11H11FN2O/c1-2-3-4-6-14-11(15)9-5-7-13-8-10(9)12/h1,5,7-8H,3-4,6H2,(H,14,15). The van der Waals surface area contributed by atoms with E-state index in [-0.39, 0.29) is 5.56 Å². The molecular formula is C11H11FN2O. The van der Waals surface area contributed by atoms with Gasteiger partial charge in [-0.25, -0.2) is 4.39 Å². The zero-order chi connectivity index (χ0) is 11.1. The van der Waals surface area contributed by atoms with Crippen LogP contribution in [0.3, 0.4) is 0 Å². The van der Waals surface area contributed by atoms with E-state index in [2.05, 4.69) is 16.2 Å². The van der Waals surface area contributed by atoms with Gasteiger partial charge < -0.3 is 5.32 Å². The molecule has 0 bridgehead atoms. The van der Waals surface area contributed by atoms with Crippen LogP contribution in [0.15, 0.2) is 18.5 Å². The van der Waals surface area contributed by atoms with E-state index in [1.54, 1.807) is 0 Å². The summed E-state index contributed by atoms with van der Waals surface area (Å²) in [5.41, 5.74) is 0.00528. The summed E-state index contributed by atoms with van der Waals surface area (Å²) in [6.45, 7) is 0.449. The minimum Gasteiger partial charge on any atom is -0.352 e. The second-order valence-corrected chi connectivity index (χ2v) is 2.92. The van der Waals surface area contributed by atoms with Crippen LogP contribution in [-0.2, 0) is 0 Å². The molecule has 15 heavy (non-hydrogen) atoms. The molecule has 1 rings (SSSR count).